The second-order valence-corrected chi connectivity index (χ2v) is 4.93. The third-order valence-electron chi connectivity index (χ3n) is 3.56. The summed E-state index contributed by atoms with van der Waals surface area (Å²) < 4.78 is 7.18. The van der Waals surface area contributed by atoms with E-state index in [4.69, 9.17) is 4.74 Å². The van der Waals surface area contributed by atoms with E-state index in [1.54, 1.807) is 19.6 Å². The first kappa shape index (κ1) is 12.3. The van der Waals surface area contributed by atoms with Crippen LogP contribution in [0.1, 0.15) is 12.8 Å². The average Bonchev–Trinajstić information content (AvgIpc) is 3.06. The van der Waals surface area contributed by atoms with Crippen LogP contribution in [0.5, 0.6) is 0 Å². The molecule has 102 valence electrons. The summed E-state index contributed by atoms with van der Waals surface area (Å²) >= 11 is 0. The minimum absolute atomic E-state index is 0.0106. The van der Waals surface area contributed by atoms with Crippen molar-refractivity contribution in [1.82, 2.24) is 24.9 Å². The molecule has 19 heavy (non-hydrogen) atoms. The maximum absolute atomic E-state index is 5.33. The minimum atomic E-state index is -0.0106. The fourth-order valence-electron chi connectivity index (χ4n) is 2.61. The van der Waals surface area contributed by atoms with Crippen molar-refractivity contribution in [2.75, 3.05) is 32.1 Å². The van der Waals surface area contributed by atoms with Crippen LogP contribution in [0.25, 0.3) is 5.65 Å². The lowest BCUT2D eigenvalue weighted by molar-refractivity contribution is 0.127. The largest absolute Gasteiger partial charge is 0.383 e. The van der Waals surface area contributed by atoms with Gasteiger partial charge in [-0.3, -0.25) is 4.40 Å². The normalized spacial score (nSPS) is 23.0. The Morgan fingerprint density at radius 3 is 3.32 bits per heavy atom. The smallest absolute Gasteiger partial charge is 0.203 e. The molecule has 1 saturated heterocycles. The van der Waals surface area contributed by atoms with Crippen LogP contribution < -0.4 is 10.6 Å². The molecule has 0 bridgehead atoms. The fraction of sp³-hybridized carbons (Fsp3) is 0.583. The first-order chi connectivity index (χ1) is 9.33. The zero-order valence-electron chi connectivity index (χ0n) is 11.0. The van der Waals surface area contributed by atoms with Gasteiger partial charge >= 0.3 is 0 Å². The Balaban J connectivity index is 1.76. The number of fused-ring (bicyclic) bond motifs is 1. The Morgan fingerprint density at radius 2 is 2.53 bits per heavy atom. The maximum atomic E-state index is 5.33. The van der Waals surface area contributed by atoms with Gasteiger partial charge in [-0.1, -0.05) is 0 Å². The molecule has 0 spiro atoms. The zero-order chi connectivity index (χ0) is 13.1. The van der Waals surface area contributed by atoms with Crippen LogP contribution in [0, 0.1) is 0 Å². The molecular formula is C12H18N6O. The molecule has 1 aliphatic rings. The molecule has 1 atom stereocenters. The molecule has 0 saturated carbocycles. The summed E-state index contributed by atoms with van der Waals surface area (Å²) in [5, 5.41) is 14.8. The molecule has 0 aliphatic carbocycles. The van der Waals surface area contributed by atoms with Gasteiger partial charge in [0.1, 0.15) is 6.33 Å². The van der Waals surface area contributed by atoms with E-state index in [2.05, 4.69) is 25.8 Å². The Kier molecular flexibility index (Phi) is 3.31. The molecule has 0 aromatic carbocycles. The van der Waals surface area contributed by atoms with Gasteiger partial charge in [-0.2, -0.15) is 0 Å². The highest BCUT2D eigenvalue weighted by atomic mass is 16.5. The molecule has 7 heteroatoms. The molecule has 2 N–H and O–H groups in total. The number of ether oxygens (including phenoxy) is 1. The van der Waals surface area contributed by atoms with Crippen LogP contribution >= 0.6 is 0 Å². The van der Waals surface area contributed by atoms with Gasteiger partial charge in [0.05, 0.1) is 12.1 Å². The van der Waals surface area contributed by atoms with Crippen LogP contribution in [0.15, 0.2) is 18.7 Å². The molecule has 0 amide bonds. The summed E-state index contributed by atoms with van der Waals surface area (Å²) in [6.45, 7) is 2.49. The lowest BCUT2D eigenvalue weighted by Gasteiger charge is -2.29. The number of rotatable bonds is 5. The third kappa shape index (κ3) is 2.39. The van der Waals surface area contributed by atoms with Crippen molar-refractivity contribution in [3.8, 4) is 0 Å². The second-order valence-electron chi connectivity index (χ2n) is 4.93. The van der Waals surface area contributed by atoms with Crippen molar-refractivity contribution in [2.24, 2.45) is 0 Å². The lowest BCUT2D eigenvalue weighted by Crippen LogP contribution is -2.49. The second kappa shape index (κ2) is 5.10. The van der Waals surface area contributed by atoms with Gasteiger partial charge in [-0.05, 0) is 19.4 Å². The van der Waals surface area contributed by atoms with Gasteiger partial charge in [0.25, 0.3) is 0 Å². The topological polar surface area (TPSA) is 76.4 Å². The van der Waals surface area contributed by atoms with Crippen LogP contribution in [0.4, 0.5) is 5.82 Å². The van der Waals surface area contributed by atoms with E-state index < -0.39 is 0 Å². The minimum Gasteiger partial charge on any atom is -0.383 e. The number of nitrogens with one attached hydrogen (secondary N) is 2. The van der Waals surface area contributed by atoms with Crippen molar-refractivity contribution in [1.29, 1.82) is 0 Å². The molecule has 1 unspecified atom stereocenters. The highest BCUT2D eigenvalue weighted by Gasteiger charge is 2.33. The van der Waals surface area contributed by atoms with Crippen molar-refractivity contribution >= 4 is 11.5 Å². The first-order valence-electron chi connectivity index (χ1n) is 6.45. The van der Waals surface area contributed by atoms with Crippen LogP contribution in [-0.2, 0) is 4.74 Å². The molecule has 0 radical (unpaired) electrons. The summed E-state index contributed by atoms with van der Waals surface area (Å²) in [6, 6.07) is 0. The van der Waals surface area contributed by atoms with Crippen LogP contribution in [0.2, 0.25) is 0 Å². The molecule has 2 aromatic rings. The summed E-state index contributed by atoms with van der Waals surface area (Å²) in [5.41, 5.74) is 0.733. The standard InChI is InChI=1S/C12H18N6O/c1-19-8-12(3-2-4-15-12)7-14-10-11-17-16-9-18(11)6-5-13-10/h5-6,9,15H,2-4,7-8H2,1H3,(H,13,14). The van der Waals surface area contributed by atoms with Gasteiger partial charge in [-0.15, -0.1) is 10.2 Å². The average molecular weight is 262 g/mol. The maximum Gasteiger partial charge on any atom is 0.203 e. The summed E-state index contributed by atoms with van der Waals surface area (Å²) in [7, 11) is 1.74. The fourth-order valence-corrected chi connectivity index (χ4v) is 2.61. The molecule has 3 rings (SSSR count). The number of hydrogen-bond donors (Lipinski definition) is 2. The molecule has 1 fully saturated rings. The van der Waals surface area contributed by atoms with Gasteiger partial charge in [0.15, 0.2) is 5.82 Å². The molecule has 3 heterocycles. The predicted molar refractivity (Wildman–Crippen MR) is 71.1 cm³/mol. The van der Waals surface area contributed by atoms with E-state index in [1.807, 2.05) is 10.6 Å². The highest BCUT2D eigenvalue weighted by Crippen LogP contribution is 2.21. The van der Waals surface area contributed by atoms with E-state index in [1.165, 1.54) is 6.42 Å². The Bertz CT molecular complexity index is 548. The number of aromatic nitrogens is 4. The van der Waals surface area contributed by atoms with Crippen molar-refractivity contribution in [2.45, 2.75) is 18.4 Å². The van der Waals surface area contributed by atoms with Gasteiger partial charge < -0.3 is 15.4 Å². The first-order valence-corrected chi connectivity index (χ1v) is 6.45. The van der Waals surface area contributed by atoms with Gasteiger partial charge in [-0.25, -0.2) is 4.98 Å². The Morgan fingerprint density at radius 1 is 1.58 bits per heavy atom. The Hall–Kier alpha value is -1.73. The summed E-state index contributed by atoms with van der Waals surface area (Å²) in [5.74, 6) is 0.754. The lowest BCUT2D eigenvalue weighted by atomic mass is 9.99. The SMILES string of the molecule is COCC1(CNc2nccn3cnnc23)CCCN1. The van der Waals surface area contributed by atoms with Crippen molar-refractivity contribution in [3.63, 3.8) is 0 Å². The Labute approximate surface area is 111 Å². The van der Waals surface area contributed by atoms with Crippen LogP contribution in [0.3, 0.4) is 0 Å². The third-order valence-corrected chi connectivity index (χ3v) is 3.56. The molecule has 1 aliphatic heterocycles. The van der Waals surface area contributed by atoms with Crippen molar-refractivity contribution in [3.05, 3.63) is 18.7 Å². The number of hydrogen-bond acceptors (Lipinski definition) is 6. The summed E-state index contributed by atoms with van der Waals surface area (Å²) in [4.78, 5) is 4.33. The van der Waals surface area contributed by atoms with Gasteiger partial charge in [0, 0.05) is 26.0 Å². The molecule has 2 aromatic heterocycles. The van der Waals surface area contributed by atoms with Crippen LogP contribution in [-0.4, -0.2) is 51.9 Å². The molecular weight excluding hydrogens is 244 g/mol. The van der Waals surface area contributed by atoms with E-state index in [0.717, 1.165) is 31.0 Å². The zero-order valence-corrected chi connectivity index (χ0v) is 11.0. The number of anilines is 1. The number of methoxy groups -OCH3 is 1. The van der Waals surface area contributed by atoms with E-state index >= 15 is 0 Å². The van der Waals surface area contributed by atoms with E-state index in [-0.39, 0.29) is 5.54 Å². The quantitative estimate of drug-likeness (QED) is 0.807. The van der Waals surface area contributed by atoms with Crippen molar-refractivity contribution < 1.29 is 4.74 Å². The van der Waals surface area contributed by atoms with E-state index in [0.29, 0.717) is 6.61 Å². The predicted octanol–water partition coefficient (Wildman–Crippen LogP) is 0.305. The van der Waals surface area contributed by atoms with E-state index in [9.17, 15) is 0 Å². The highest BCUT2D eigenvalue weighted by molar-refractivity contribution is 5.61. The van der Waals surface area contributed by atoms with Gasteiger partial charge in [0.2, 0.25) is 5.65 Å². The molecule has 7 nitrogen and oxygen atoms in total. The number of nitrogens with zero attached hydrogens (tertiary/aromatic N) is 4. The monoisotopic (exact) mass is 262 g/mol. The summed E-state index contributed by atoms with van der Waals surface area (Å²) in [6.07, 6.45) is 7.52.